The van der Waals surface area contributed by atoms with Crippen LogP contribution in [-0.4, -0.2) is 46.8 Å². The summed E-state index contributed by atoms with van der Waals surface area (Å²) < 4.78 is 0. The Hall–Kier alpha value is -2.08. The molecule has 0 atom stereocenters. The first-order chi connectivity index (χ1) is 9.49. The number of aromatic carboxylic acids is 1. The molecule has 0 aliphatic carbocycles. The van der Waals surface area contributed by atoms with Crippen LogP contribution in [-0.2, 0) is 0 Å². The van der Waals surface area contributed by atoms with Gasteiger partial charge < -0.3 is 20.4 Å². The Labute approximate surface area is 118 Å². The van der Waals surface area contributed by atoms with Crippen LogP contribution in [0.25, 0.3) is 0 Å². The van der Waals surface area contributed by atoms with E-state index in [1.807, 2.05) is 6.92 Å². The van der Waals surface area contributed by atoms with E-state index >= 15 is 0 Å². The normalized spacial score (nSPS) is 10.2. The van der Waals surface area contributed by atoms with Gasteiger partial charge in [-0.2, -0.15) is 0 Å². The monoisotopic (exact) mass is 280 g/mol. The Morgan fingerprint density at radius 3 is 2.55 bits per heavy atom. The van der Waals surface area contributed by atoms with E-state index in [9.17, 15) is 9.59 Å². The molecule has 1 aromatic carbocycles. The van der Waals surface area contributed by atoms with Gasteiger partial charge in [0.15, 0.2) is 0 Å². The van der Waals surface area contributed by atoms with Gasteiger partial charge in [0.1, 0.15) is 0 Å². The summed E-state index contributed by atoms with van der Waals surface area (Å²) in [5, 5.41) is 20.7. The van der Waals surface area contributed by atoms with Crippen LogP contribution in [0.1, 0.15) is 29.3 Å². The van der Waals surface area contributed by atoms with Crippen molar-refractivity contribution in [1.29, 1.82) is 0 Å². The van der Waals surface area contributed by atoms with Crippen LogP contribution in [0.3, 0.4) is 0 Å². The van der Waals surface area contributed by atoms with E-state index in [0.717, 1.165) is 12.0 Å². The molecule has 1 aromatic rings. The number of carbonyl (C=O) groups is 2. The number of hydrogen-bond donors (Lipinski definition) is 3. The average molecular weight is 280 g/mol. The van der Waals surface area contributed by atoms with Gasteiger partial charge in [-0.15, -0.1) is 0 Å². The van der Waals surface area contributed by atoms with Gasteiger partial charge in [-0.1, -0.05) is 18.6 Å². The third kappa shape index (κ3) is 4.24. The lowest BCUT2D eigenvalue weighted by Crippen LogP contribution is -2.37. The molecule has 110 valence electrons. The van der Waals surface area contributed by atoms with Crippen molar-refractivity contribution in [1.82, 2.24) is 4.90 Å². The maximum absolute atomic E-state index is 12.1. The highest BCUT2D eigenvalue weighted by molar-refractivity contribution is 6.00. The fourth-order valence-corrected chi connectivity index (χ4v) is 1.84. The summed E-state index contributed by atoms with van der Waals surface area (Å²) in [6.07, 6.45) is 0.757. The lowest BCUT2D eigenvalue weighted by atomic mass is 10.1. The molecule has 6 heteroatoms. The number of nitrogens with zero attached hydrogens (tertiary/aromatic N) is 1. The van der Waals surface area contributed by atoms with Crippen LogP contribution in [0.4, 0.5) is 10.5 Å². The van der Waals surface area contributed by atoms with Crippen molar-refractivity contribution in [2.75, 3.05) is 25.0 Å². The number of benzene rings is 1. The second kappa shape index (κ2) is 7.49. The maximum atomic E-state index is 12.1. The van der Waals surface area contributed by atoms with Gasteiger partial charge in [-0.25, -0.2) is 9.59 Å². The average Bonchev–Trinajstić information content (AvgIpc) is 2.40. The number of anilines is 1. The number of nitrogens with one attached hydrogen (secondary N) is 1. The molecule has 0 aliphatic rings. The lowest BCUT2D eigenvalue weighted by molar-refractivity contribution is 0.0698. The van der Waals surface area contributed by atoms with Crippen LogP contribution < -0.4 is 5.32 Å². The molecule has 0 saturated carbocycles. The molecule has 0 aromatic heterocycles. The number of rotatable bonds is 6. The Morgan fingerprint density at radius 1 is 1.30 bits per heavy atom. The number of carboxylic acid groups (broad SMARTS) is 1. The van der Waals surface area contributed by atoms with Gasteiger partial charge in [0.05, 0.1) is 17.9 Å². The van der Waals surface area contributed by atoms with Crippen LogP contribution in [0.5, 0.6) is 0 Å². The molecule has 0 aliphatic heterocycles. The standard InChI is InChI=1S/C14H20N2O4/c1-3-6-16(7-8-17)14(20)15-12-5-4-10(2)9-11(12)13(18)19/h4-5,9,17H,3,6-8H2,1-2H3,(H,15,20)(H,18,19). The number of aliphatic hydroxyl groups excluding tert-OH is 1. The maximum Gasteiger partial charge on any atom is 0.337 e. The second-order valence-corrected chi connectivity index (χ2v) is 4.49. The number of amides is 2. The molecular formula is C14H20N2O4. The zero-order valence-electron chi connectivity index (χ0n) is 11.7. The van der Waals surface area contributed by atoms with E-state index in [0.29, 0.717) is 6.54 Å². The summed E-state index contributed by atoms with van der Waals surface area (Å²) in [6, 6.07) is 4.40. The third-order valence-corrected chi connectivity index (χ3v) is 2.80. The van der Waals surface area contributed by atoms with Gasteiger partial charge in [0, 0.05) is 13.1 Å². The molecule has 1 rings (SSSR count). The van der Waals surface area contributed by atoms with Crippen molar-refractivity contribution in [3.8, 4) is 0 Å². The molecule has 3 N–H and O–H groups in total. The summed E-state index contributed by atoms with van der Waals surface area (Å²) >= 11 is 0. The number of aliphatic hydroxyl groups is 1. The van der Waals surface area contributed by atoms with Crippen LogP contribution in [0.15, 0.2) is 18.2 Å². The fraction of sp³-hybridized carbons (Fsp3) is 0.429. The molecule has 20 heavy (non-hydrogen) atoms. The number of carbonyl (C=O) groups excluding carboxylic acids is 1. The number of urea groups is 1. The fourth-order valence-electron chi connectivity index (χ4n) is 1.84. The summed E-state index contributed by atoms with van der Waals surface area (Å²) in [5.41, 5.74) is 1.12. The van der Waals surface area contributed by atoms with Gasteiger partial charge >= 0.3 is 12.0 Å². The van der Waals surface area contributed by atoms with E-state index in [2.05, 4.69) is 5.32 Å². The van der Waals surface area contributed by atoms with Crippen LogP contribution >= 0.6 is 0 Å². The van der Waals surface area contributed by atoms with Crippen molar-refractivity contribution in [3.63, 3.8) is 0 Å². The topological polar surface area (TPSA) is 89.9 Å². The van der Waals surface area contributed by atoms with Gasteiger partial charge in [0.25, 0.3) is 0 Å². The zero-order chi connectivity index (χ0) is 15.1. The summed E-state index contributed by atoms with van der Waals surface area (Å²) in [6.45, 7) is 4.29. The van der Waals surface area contributed by atoms with Gasteiger partial charge in [-0.3, -0.25) is 0 Å². The molecule has 0 spiro atoms. The van der Waals surface area contributed by atoms with E-state index in [1.165, 1.54) is 11.0 Å². The second-order valence-electron chi connectivity index (χ2n) is 4.49. The Balaban J connectivity index is 2.91. The van der Waals surface area contributed by atoms with Crippen molar-refractivity contribution in [2.24, 2.45) is 0 Å². The molecule has 0 saturated heterocycles. The van der Waals surface area contributed by atoms with E-state index < -0.39 is 12.0 Å². The minimum Gasteiger partial charge on any atom is -0.478 e. The van der Waals surface area contributed by atoms with Crippen LogP contribution in [0, 0.1) is 6.92 Å². The van der Waals surface area contributed by atoms with E-state index in [1.54, 1.807) is 19.1 Å². The highest BCUT2D eigenvalue weighted by Crippen LogP contribution is 2.18. The summed E-state index contributed by atoms with van der Waals surface area (Å²) in [4.78, 5) is 24.7. The predicted octanol–water partition coefficient (Wildman–Crippen LogP) is 1.93. The van der Waals surface area contributed by atoms with E-state index in [-0.39, 0.29) is 24.4 Å². The van der Waals surface area contributed by atoms with Crippen molar-refractivity contribution < 1.29 is 19.8 Å². The molecule has 0 unspecified atom stereocenters. The van der Waals surface area contributed by atoms with Crippen molar-refractivity contribution in [3.05, 3.63) is 29.3 Å². The summed E-state index contributed by atoms with van der Waals surface area (Å²) in [5.74, 6) is -1.09. The highest BCUT2D eigenvalue weighted by atomic mass is 16.4. The molecule has 6 nitrogen and oxygen atoms in total. The first-order valence-electron chi connectivity index (χ1n) is 6.50. The third-order valence-electron chi connectivity index (χ3n) is 2.80. The number of carboxylic acids is 1. The first kappa shape index (κ1) is 16.0. The number of aryl methyl sites for hydroxylation is 1. The molecule has 0 heterocycles. The highest BCUT2D eigenvalue weighted by Gasteiger charge is 2.16. The zero-order valence-corrected chi connectivity index (χ0v) is 11.7. The van der Waals surface area contributed by atoms with Gasteiger partial charge in [0.2, 0.25) is 0 Å². The minimum absolute atomic E-state index is 0.0544. The smallest absolute Gasteiger partial charge is 0.337 e. The molecular weight excluding hydrogens is 260 g/mol. The Morgan fingerprint density at radius 2 is 2.00 bits per heavy atom. The molecule has 0 bridgehead atoms. The lowest BCUT2D eigenvalue weighted by Gasteiger charge is -2.22. The quantitative estimate of drug-likeness (QED) is 0.742. The van der Waals surface area contributed by atoms with E-state index in [4.69, 9.17) is 10.2 Å². The minimum atomic E-state index is -1.09. The van der Waals surface area contributed by atoms with Crippen molar-refractivity contribution >= 4 is 17.7 Å². The molecule has 0 fully saturated rings. The molecule has 0 radical (unpaired) electrons. The Bertz CT molecular complexity index is 482. The largest absolute Gasteiger partial charge is 0.478 e. The number of hydrogen-bond acceptors (Lipinski definition) is 3. The van der Waals surface area contributed by atoms with Gasteiger partial charge in [-0.05, 0) is 25.5 Å². The predicted molar refractivity (Wildman–Crippen MR) is 76.1 cm³/mol. The first-order valence-corrected chi connectivity index (χ1v) is 6.50. The summed E-state index contributed by atoms with van der Waals surface area (Å²) in [7, 11) is 0. The van der Waals surface area contributed by atoms with Crippen molar-refractivity contribution in [2.45, 2.75) is 20.3 Å². The van der Waals surface area contributed by atoms with Crippen LogP contribution in [0.2, 0.25) is 0 Å². The Kier molecular flexibility index (Phi) is 5.99. The SMILES string of the molecule is CCCN(CCO)C(=O)Nc1ccc(C)cc1C(=O)O. The molecule has 2 amide bonds.